The minimum absolute atomic E-state index is 0.524. The van der Waals surface area contributed by atoms with E-state index in [2.05, 4.69) is 59.8 Å². The molecule has 1 aliphatic rings. The standard InChI is InChI=1S/C15H22BrN/c1-12-4-5-14(13(10-12)11-16)17-8-6-15(2,3)7-9-17/h4-5,10H,6-9,11H2,1-3H3. The van der Waals surface area contributed by atoms with Crippen LogP contribution in [0.2, 0.25) is 0 Å². The molecule has 0 unspecified atom stereocenters. The zero-order valence-electron chi connectivity index (χ0n) is 11.1. The van der Waals surface area contributed by atoms with E-state index >= 15 is 0 Å². The third-order valence-electron chi connectivity index (χ3n) is 3.84. The van der Waals surface area contributed by atoms with Crippen molar-refractivity contribution in [1.82, 2.24) is 0 Å². The summed E-state index contributed by atoms with van der Waals surface area (Å²) in [6.07, 6.45) is 2.59. The average molecular weight is 296 g/mol. The normalized spacial score (nSPS) is 19.4. The van der Waals surface area contributed by atoms with Gasteiger partial charge in [0.15, 0.2) is 0 Å². The number of hydrogen-bond donors (Lipinski definition) is 0. The summed E-state index contributed by atoms with van der Waals surface area (Å²) < 4.78 is 0. The molecule has 0 aliphatic carbocycles. The first-order valence-electron chi connectivity index (χ1n) is 6.42. The highest BCUT2D eigenvalue weighted by molar-refractivity contribution is 9.08. The van der Waals surface area contributed by atoms with Gasteiger partial charge in [-0.05, 0) is 36.8 Å². The lowest BCUT2D eigenvalue weighted by molar-refractivity contribution is 0.279. The molecule has 0 N–H and O–H groups in total. The lowest BCUT2D eigenvalue weighted by Gasteiger charge is -2.39. The second-order valence-corrected chi connectivity index (χ2v) is 6.48. The first-order valence-corrected chi connectivity index (χ1v) is 7.54. The summed E-state index contributed by atoms with van der Waals surface area (Å²) in [4.78, 5) is 2.54. The Morgan fingerprint density at radius 3 is 2.47 bits per heavy atom. The molecule has 0 radical (unpaired) electrons. The Morgan fingerprint density at radius 1 is 1.24 bits per heavy atom. The van der Waals surface area contributed by atoms with E-state index in [4.69, 9.17) is 0 Å². The van der Waals surface area contributed by atoms with Crippen molar-refractivity contribution in [3.8, 4) is 0 Å². The smallest absolute Gasteiger partial charge is 0.0407 e. The van der Waals surface area contributed by atoms with Crippen molar-refractivity contribution in [2.45, 2.75) is 38.9 Å². The van der Waals surface area contributed by atoms with Crippen LogP contribution < -0.4 is 4.90 Å². The molecule has 0 spiro atoms. The van der Waals surface area contributed by atoms with Crippen LogP contribution in [0, 0.1) is 12.3 Å². The number of alkyl halides is 1. The number of nitrogens with zero attached hydrogens (tertiary/aromatic N) is 1. The zero-order chi connectivity index (χ0) is 12.5. The molecule has 1 aliphatic heterocycles. The number of halogens is 1. The van der Waals surface area contributed by atoms with Crippen LogP contribution in [0.25, 0.3) is 0 Å². The maximum absolute atomic E-state index is 3.60. The van der Waals surface area contributed by atoms with E-state index in [1.54, 1.807) is 0 Å². The molecule has 2 rings (SSSR count). The monoisotopic (exact) mass is 295 g/mol. The third-order valence-corrected chi connectivity index (χ3v) is 4.44. The topological polar surface area (TPSA) is 3.24 Å². The maximum atomic E-state index is 3.60. The van der Waals surface area contributed by atoms with Gasteiger partial charge in [-0.2, -0.15) is 0 Å². The van der Waals surface area contributed by atoms with E-state index in [0.29, 0.717) is 5.41 Å². The first-order chi connectivity index (χ1) is 8.02. The van der Waals surface area contributed by atoms with E-state index < -0.39 is 0 Å². The molecule has 2 heteroatoms. The number of aryl methyl sites for hydroxylation is 1. The molecule has 1 saturated heterocycles. The second kappa shape index (κ2) is 5.01. The molecular formula is C15H22BrN. The van der Waals surface area contributed by atoms with Crippen LogP contribution in [0.4, 0.5) is 5.69 Å². The van der Waals surface area contributed by atoms with Crippen LogP contribution in [0.15, 0.2) is 18.2 Å². The molecule has 17 heavy (non-hydrogen) atoms. The predicted molar refractivity (Wildman–Crippen MR) is 79.0 cm³/mol. The van der Waals surface area contributed by atoms with Crippen molar-refractivity contribution < 1.29 is 0 Å². The van der Waals surface area contributed by atoms with Gasteiger partial charge in [0, 0.05) is 24.1 Å². The third kappa shape index (κ3) is 3.04. The minimum atomic E-state index is 0.524. The van der Waals surface area contributed by atoms with Crippen molar-refractivity contribution in [2.75, 3.05) is 18.0 Å². The van der Waals surface area contributed by atoms with Crippen LogP contribution in [-0.4, -0.2) is 13.1 Å². The van der Waals surface area contributed by atoms with Gasteiger partial charge in [0.05, 0.1) is 0 Å². The lowest BCUT2D eigenvalue weighted by atomic mass is 9.82. The molecular weight excluding hydrogens is 274 g/mol. The number of benzene rings is 1. The molecule has 1 aromatic carbocycles. The Morgan fingerprint density at radius 2 is 1.88 bits per heavy atom. The second-order valence-electron chi connectivity index (χ2n) is 5.92. The fourth-order valence-corrected chi connectivity index (χ4v) is 2.93. The minimum Gasteiger partial charge on any atom is -0.371 e. The molecule has 0 bridgehead atoms. The Hall–Kier alpha value is -0.500. The summed E-state index contributed by atoms with van der Waals surface area (Å²) >= 11 is 3.60. The van der Waals surface area contributed by atoms with Gasteiger partial charge in [0.2, 0.25) is 0 Å². The van der Waals surface area contributed by atoms with Gasteiger partial charge in [0.25, 0.3) is 0 Å². The van der Waals surface area contributed by atoms with Gasteiger partial charge in [-0.1, -0.05) is 47.5 Å². The molecule has 0 saturated carbocycles. The highest BCUT2D eigenvalue weighted by atomic mass is 79.9. The summed E-state index contributed by atoms with van der Waals surface area (Å²) in [6.45, 7) is 9.30. The van der Waals surface area contributed by atoms with Crippen LogP contribution >= 0.6 is 15.9 Å². The molecule has 1 fully saturated rings. The summed E-state index contributed by atoms with van der Waals surface area (Å²) in [5.41, 5.74) is 4.71. The van der Waals surface area contributed by atoms with Crippen LogP contribution in [0.3, 0.4) is 0 Å². The van der Waals surface area contributed by atoms with Crippen molar-refractivity contribution in [1.29, 1.82) is 0 Å². The van der Waals surface area contributed by atoms with E-state index in [0.717, 1.165) is 5.33 Å². The average Bonchev–Trinajstić information content (AvgIpc) is 2.29. The Balaban J connectivity index is 2.18. The van der Waals surface area contributed by atoms with Crippen LogP contribution in [-0.2, 0) is 5.33 Å². The molecule has 0 amide bonds. The number of anilines is 1. The highest BCUT2D eigenvalue weighted by Gasteiger charge is 2.26. The van der Waals surface area contributed by atoms with Crippen LogP contribution in [0.5, 0.6) is 0 Å². The van der Waals surface area contributed by atoms with Gasteiger partial charge in [-0.15, -0.1) is 0 Å². The molecule has 94 valence electrons. The molecule has 0 aromatic heterocycles. The van der Waals surface area contributed by atoms with Gasteiger partial charge in [0.1, 0.15) is 0 Å². The Bertz CT molecular complexity index is 388. The SMILES string of the molecule is Cc1ccc(N2CCC(C)(C)CC2)c(CBr)c1. The fraction of sp³-hybridized carbons (Fsp3) is 0.600. The number of hydrogen-bond acceptors (Lipinski definition) is 1. The lowest BCUT2D eigenvalue weighted by Crippen LogP contribution is -2.37. The van der Waals surface area contributed by atoms with Crippen LogP contribution in [0.1, 0.15) is 37.8 Å². The van der Waals surface area contributed by atoms with Gasteiger partial charge < -0.3 is 4.90 Å². The van der Waals surface area contributed by atoms with Crippen molar-refractivity contribution >= 4 is 21.6 Å². The molecule has 1 nitrogen and oxygen atoms in total. The Labute approximate surface area is 113 Å². The van der Waals surface area contributed by atoms with E-state index in [-0.39, 0.29) is 0 Å². The molecule has 1 heterocycles. The van der Waals surface area contributed by atoms with Gasteiger partial charge in [-0.3, -0.25) is 0 Å². The van der Waals surface area contributed by atoms with Crippen molar-refractivity contribution in [3.63, 3.8) is 0 Å². The van der Waals surface area contributed by atoms with Crippen molar-refractivity contribution in [2.24, 2.45) is 5.41 Å². The van der Waals surface area contributed by atoms with Gasteiger partial charge >= 0.3 is 0 Å². The Kier molecular flexibility index (Phi) is 3.82. The molecule has 0 atom stereocenters. The maximum Gasteiger partial charge on any atom is 0.0407 e. The van der Waals surface area contributed by atoms with Crippen molar-refractivity contribution in [3.05, 3.63) is 29.3 Å². The van der Waals surface area contributed by atoms with E-state index in [1.807, 2.05) is 0 Å². The fourth-order valence-electron chi connectivity index (χ4n) is 2.48. The zero-order valence-corrected chi connectivity index (χ0v) is 12.7. The number of piperidine rings is 1. The highest BCUT2D eigenvalue weighted by Crippen LogP contribution is 2.34. The van der Waals surface area contributed by atoms with E-state index in [9.17, 15) is 0 Å². The van der Waals surface area contributed by atoms with E-state index in [1.165, 1.54) is 42.7 Å². The summed E-state index contributed by atoms with van der Waals surface area (Å²) in [7, 11) is 0. The largest absolute Gasteiger partial charge is 0.371 e. The quantitative estimate of drug-likeness (QED) is 0.725. The van der Waals surface area contributed by atoms with Gasteiger partial charge in [-0.25, -0.2) is 0 Å². The molecule has 1 aromatic rings. The summed E-state index contributed by atoms with van der Waals surface area (Å²) in [5, 5.41) is 0.948. The number of rotatable bonds is 2. The summed E-state index contributed by atoms with van der Waals surface area (Å²) in [5.74, 6) is 0. The summed E-state index contributed by atoms with van der Waals surface area (Å²) in [6, 6.07) is 6.80. The predicted octanol–water partition coefficient (Wildman–Crippen LogP) is 4.52. The first kappa shape index (κ1) is 12.9.